The fraction of sp³-hybridized carbons (Fsp3) is 0.389. The SMILES string of the molecule is Cc1csc(-c2nc(N3CC[C@H](O)[C@@H](C)C3)ncc2-c2ccsc2)n1. The molecule has 0 unspecified atom stereocenters. The van der Waals surface area contributed by atoms with Gasteiger partial charge in [-0.3, -0.25) is 0 Å². The minimum absolute atomic E-state index is 0.222. The molecule has 0 radical (unpaired) electrons. The zero-order valence-electron chi connectivity index (χ0n) is 14.2. The van der Waals surface area contributed by atoms with E-state index in [0.717, 1.165) is 53.0 Å². The first-order valence-corrected chi connectivity index (χ1v) is 10.2. The third kappa shape index (κ3) is 3.31. The first kappa shape index (κ1) is 16.6. The number of piperidine rings is 1. The molecule has 0 bridgehead atoms. The molecule has 0 spiro atoms. The van der Waals surface area contributed by atoms with Gasteiger partial charge in [0.15, 0.2) is 0 Å². The van der Waals surface area contributed by atoms with Crippen molar-refractivity contribution in [2.24, 2.45) is 5.92 Å². The zero-order chi connectivity index (χ0) is 17.4. The molecule has 0 aliphatic carbocycles. The number of thiazole rings is 1. The maximum absolute atomic E-state index is 9.97. The maximum Gasteiger partial charge on any atom is 0.225 e. The summed E-state index contributed by atoms with van der Waals surface area (Å²) in [7, 11) is 0. The minimum atomic E-state index is -0.234. The number of hydrogen-bond donors (Lipinski definition) is 1. The van der Waals surface area contributed by atoms with Crippen LogP contribution in [0.25, 0.3) is 21.8 Å². The fourth-order valence-electron chi connectivity index (χ4n) is 3.09. The van der Waals surface area contributed by atoms with Gasteiger partial charge in [0.25, 0.3) is 0 Å². The number of aryl methyl sites for hydroxylation is 1. The summed E-state index contributed by atoms with van der Waals surface area (Å²) in [5.74, 6) is 0.944. The van der Waals surface area contributed by atoms with Crippen LogP contribution in [0.3, 0.4) is 0 Å². The van der Waals surface area contributed by atoms with Gasteiger partial charge in [0.2, 0.25) is 5.95 Å². The molecule has 0 saturated carbocycles. The van der Waals surface area contributed by atoms with E-state index >= 15 is 0 Å². The average Bonchev–Trinajstić information content (AvgIpc) is 3.28. The third-order valence-corrected chi connectivity index (χ3v) is 6.22. The largest absolute Gasteiger partial charge is 0.393 e. The first-order valence-electron chi connectivity index (χ1n) is 8.37. The Hall–Kier alpha value is -1.83. The smallest absolute Gasteiger partial charge is 0.225 e. The number of aliphatic hydroxyl groups excluding tert-OH is 1. The van der Waals surface area contributed by atoms with E-state index in [1.807, 2.05) is 18.5 Å². The van der Waals surface area contributed by atoms with E-state index in [4.69, 9.17) is 4.98 Å². The highest BCUT2D eigenvalue weighted by atomic mass is 32.1. The van der Waals surface area contributed by atoms with Crippen molar-refractivity contribution >= 4 is 28.6 Å². The lowest BCUT2D eigenvalue weighted by atomic mass is 9.97. The molecular formula is C18H20N4OS2. The summed E-state index contributed by atoms with van der Waals surface area (Å²) in [4.78, 5) is 16.3. The molecule has 0 amide bonds. The van der Waals surface area contributed by atoms with E-state index in [1.165, 1.54) is 0 Å². The Morgan fingerprint density at radius 1 is 1.28 bits per heavy atom. The van der Waals surface area contributed by atoms with Gasteiger partial charge in [-0.15, -0.1) is 11.3 Å². The molecule has 3 aromatic heterocycles. The van der Waals surface area contributed by atoms with Crippen molar-refractivity contribution in [2.45, 2.75) is 26.4 Å². The van der Waals surface area contributed by atoms with Crippen molar-refractivity contribution in [3.8, 4) is 21.8 Å². The molecule has 0 aromatic carbocycles. The maximum atomic E-state index is 9.97. The average molecular weight is 373 g/mol. The van der Waals surface area contributed by atoms with Gasteiger partial charge < -0.3 is 10.0 Å². The Labute approximate surface area is 155 Å². The van der Waals surface area contributed by atoms with Gasteiger partial charge in [-0.2, -0.15) is 11.3 Å². The van der Waals surface area contributed by atoms with E-state index < -0.39 is 0 Å². The molecule has 25 heavy (non-hydrogen) atoms. The standard InChI is InChI=1S/C18H20N4OS2/c1-11-8-22(5-3-15(11)23)18-19-7-14(13-4-6-24-10-13)16(21-18)17-20-12(2)9-25-17/h4,6-7,9-11,15,23H,3,5,8H2,1-2H3/t11-,15-/m0/s1. The lowest BCUT2D eigenvalue weighted by molar-refractivity contribution is 0.0966. The third-order valence-electron chi connectivity index (χ3n) is 4.57. The molecule has 1 aliphatic heterocycles. The summed E-state index contributed by atoms with van der Waals surface area (Å²) in [6.45, 7) is 5.62. The molecule has 5 nitrogen and oxygen atoms in total. The summed E-state index contributed by atoms with van der Waals surface area (Å²) in [5.41, 5.74) is 4.04. The summed E-state index contributed by atoms with van der Waals surface area (Å²) < 4.78 is 0. The van der Waals surface area contributed by atoms with Crippen molar-refractivity contribution in [3.63, 3.8) is 0 Å². The molecular weight excluding hydrogens is 352 g/mol. The minimum Gasteiger partial charge on any atom is -0.393 e. The van der Waals surface area contributed by atoms with Crippen LogP contribution in [-0.2, 0) is 0 Å². The second-order valence-corrected chi connectivity index (χ2v) is 8.16. The van der Waals surface area contributed by atoms with Crippen LogP contribution in [0.5, 0.6) is 0 Å². The highest BCUT2D eigenvalue weighted by molar-refractivity contribution is 7.13. The monoisotopic (exact) mass is 372 g/mol. The number of nitrogens with zero attached hydrogens (tertiary/aromatic N) is 4. The van der Waals surface area contributed by atoms with E-state index in [9.17, 15) is 5.11 Å². The van der Waals surface area contributed by atoms with Crippen molar-refractivity contribution in [1.82, 2.24) is 15.0 Å². The number of aromatic nitrogens is 3. The number of rotatable bonds is 3. The van der Waals surface area contributed by atoms with Gasteiger partial charge in [0, 0.05) is 35.9 Å². The number of anilines is 1. The second kappa shape index (κ2) is 6.82. The Morgan fingerprint density at radius 2 is 2.16 bits per heavy atom. The predicted octanol–water partition coefficient (Wildman–Crippen LogP) is 3.84. The van der Waals surface area contributed by atoms with Crippen LogP contribution in [0, 0.1) is 12.8 Å². The number of aliphatic hydroxyl groups is 1. The van der Waals surface area contributed by atoms with Gasteiger partial charge in [0.05, 0.1) is 6.10 Å². The van der Waals surface area contributed by atoms with Crippen molar-refractivity contribution in [3.05, 3.63) is 34.1 Å². The molecule has 130 valence electrons. The quantitative estimate of drug-likeness (QED) is 0.757. The van der Waals surface area contributed by atoms with Crippen LogP contribution in [0.4, 0.5) is 5.95 Å². The normalized spacial score (nSPS) is 20.8. The Kier molecular flexibility index (Phi) is 4.54. The van der Waals surface area contributed by atoms with Gasteiger partial charge in [0.1, 0.15) is 10.7 Å². The lowest BCUT2D eigenvalue weighted by Crippen LogP contribution is -2.42. The van der Waals surface area contributed by atoms with Gasteiger partial charge in [-0.05, 0) is 41.7 Å². The first-order chi connectivity index (χ1) is 12.1. The highest BCUT2D eigenvalue weighted by Crippen LogP contribution is 2.34. The molecule has 1 aliphatic rings. The van der Waals surface area contributed by atoms with Gasteiger partial charge >= 0.3 is 0 Å². The van der Waals surface area contributed by atoms with E-state index in [2.05, 4.69) is 38.6 Å². The molecule has 1 fully saturated rings. The second-order valence-electron chi connectivity index (χ2n) is 6.52. The van der Waals surface area contributed by atoms with Gasteiger partial charge in [-0.25, -0.2) is 15.0 Å². The lowest BCUT2D eigenvalue weighted by Gasteiger charge is -2.34. The van der Waals surface area contributed by atoms with Gasteiger partial charge in [-0.1, -0.05) is 6.92 Å². The number of thiophene rings is 1. The fourth-order valence-corrected chi connectivity index (χ4v) is 4.55. The van der Waals surface area contributed by atoms with E-state index in [1.54, 1.807) is 22.7 Å². The Balaban J connectivity index is 1.76. The Morgan fingerprint density at radius 3 is 2.84 bits per heavy atom. The van der Waals surface area contributed by atoms with Crippen LogP contribution in [0.1, 0.15) is 19.0 Å². The summed E-state index contributed by atoms with van der Waals surface area (Å²) in [5, 5.41) is 17.1. The molecule has 3 aromatic rings. The van der Waals surface area contributed by atoms with E-state index in [-0.39, 0.29) is 12.0 Å². The van der Waals surface area contributed by atoms with Crippen LogP contribution < -0.4 is 4.90 Å². The summed E-state index contributed by atoms with van der Waals surface area (Å²) in [6, 6.07) is 2.09. The van der Waals surface area contributed by atoms with Crippen molar-refractivity contribution in [1.29, 1.82) is 0 Å². The summed E-state index contributed by atoms with van der Waals surface area (Å²) >= 11 is 3.28. The number of hydrogen-bond acceptors (Lipinski definition) is 7. The predicted molar refractivity (Wildman–Crippen MR) is 103 cm³/mol. The van der Waals surface area contributed by atoms with Crippen LogP contribution >= 0.6 is 22.7 Å². The molecule has 1 saturated heterocycles. The Bertz CT molecular complexity index is 862. The van der Waals surface area contributed by atoms with Crippen molar-refractivity contribution in [2.75, 3.05) is 18.0 Å². The molecule has 4 rings (SSSR count). The van der Waals surface area contributed by atoms with Crippen LogP contribution in [-0.4, -0.2) is 39.3 Å². The zero-order valence-corrected chi connectivity index (χ0v) is 15.8. The molecule has 1 N–H and O–H groups in total. The van der Waals surface area contributed by atoms with Crippen LogP contribution in [0.2, 0.25) is 0 Å². The molecule has 4 heterocycles. The molecule has 7 heteroatoms. The summed E-state index contributed by atoms with van der Waals surface area (Å²) in [6.07, 6.45) is 2.43. The highest BCUT2D eigenvalue weighted by Gasteiger charge is 2.26. The molecule has 2 atom stereocenters. The van der Waals surface area contributed by atoms with E-state index in [0.29, 0.717) is 0 Å². The van der Waals surface area contributed by atoms with Crippen LogP contribution in [0.15, 0.2) is 28.4 Å². The van der Waals surface area contributed by atoms with Crippen molar-refractivity contribution < 1.29 is 5.11 Å². The topological polar surface area (TPSA) is 62.1 Å².